The van der Waals surface area contributed by atoms with Gasteiger partial charge in [0.2, 0.25) is 0 Å². The highest BCUT2D eigenvalue weighted by Crippen LogP contribution is 2.27. The van der Waals surface area contributed by atoms with Gasteiger partial charge in [-0.3, -0.25) is 0 Å². The van der Waals surface area contributed by atoms with E-state index in [4.69, 9.17) is 4.42 Å². The Kier molecular flexibility index (Phi) is 4.00. The van der Waals surface area contributed by atoms with E-state index >= 15 is 0 Å². The molecule has 0 bridgehead atoms. The van der Waals surface area contributed by atoms with Crippen LogP contribution in [0.2, 0.25) is 0 Å². The third-order valence-corrected chi connectivity index (χ3v) is 4.35. The molecule has 1 heterocycles. The zero-order valence-corrected chi connectivity index (χ0v) is 12.7. The van der Waals surface area contributed by atoms with Gasteiger partial charge in [-0.05, 0) is 24.3 Å². The van der Waals surface area contributed by atoms with Gasteiger partial charge in [0.05, 0.1) is 0 Å². The van der Waals surface area contributed by atoms with E-state index in [1.165, 1.54) is 10.9 Å². The van der Waals surface area contributed by atoms with Crippen LogP contribution in [-0.4, -0.2) is 6.54 Å². The zero-order valence-electron chi connectivity index (χ0n) is 12.7. The highest BCUT2D eigenvalue weighted by Gasteiger charge is 2.22. The van der Waals surface area contributed by atoms with Crippen LogP contribution in [0, 0.1) is 18.3 Å². The van der Waals surface area contributed by atoms with Crippen LogP contribution in [0.15, 0.2) is 28.7 Å². The Hall–Kier alpha value is -1.28. The molecule has 0 fully saturated rings. The van der Waals surface area contributed by atoms with E-state index in [0.29, 0.717) is 11.3 Å². The summed E-state index contributed by atoms with van der Waals surface area (Å²) in [4.78, 5) is 0. The maximum absolute atomic E-state index is 5.79. The smallest absolute Gasteiger partial charge is 0.134 e. The molecule has 2 aromatic rings. The first kappa shape index (κ1) is 14.1. The second-order valence-electron chi connectivity index (χ2n) is 6.38. The lowest BCUT2D eigenvalue weighted by Crippen LogP contribution is -2.33. The summed E-state index contributed by atoms with van der Waals surface area (Å²) >= 11 is 0. The van der Waals surface area contributed by atoms with Crippen molar-refractivity contribution in [2.24, 2.45) is 11.3 Å². The molecule has 0 aliphatic carbocycles. The van der Waals surface area contributed by atoms with Crippen molar-refractivity contribution in [3.63, 3.8) is 0 Å². The van der Waals surface area contributed by atoms with Crippen molar-refractivity contribution in [1.82, 2.24) is 5.32 Å². The van der Waals surface area contributed by atoms with E-state index in [9.17, 15) is 0 Å². The number of para-hydroxylation sites is 1. The first-order valence-electron chi connectivity index (χ1n) is 7.09. The van der Waals surface area contributed by atoms with Gasteiger partial charge in [-0.15, -0.1) is 0 Å². The van der Waals surface area contributed by atoms with Crippen molar-refractivity contribution in [3.8, 4) is 0 Å². The molecule has 2 nitrogen and oxygen atoms in total. The van der Waals surface area contributed by atoms with Gasteiger partial charge in [-0.1, -0.05) is 45.9 Å². The number of nitrogens with one attached hydrogen (secondary N) is 1. The van der Waals surface area contributed by atoms with Crippen molar-refractivity contribution in [3.05, 3.63) is 35.6 Å². The molecule has 0 amide bonds. The van der Waals surface area contributed by atoms with E-state index in [2.05, 4.69) is 45.1 Å². The summed E-state index contributed by atoms with van der Waals surface area (Å²) in [6, 6.07) is 8.25. The Morgan fingerprint density at radius 2 is 1.89 bits per heavy atom. The lowest BCUT2D eigenvalue weighted by molar-refractivity contribution is 0.238. The summed E-state index contributed by atoms with van der Waals surface area (Å²) < 4.78 is 5.79. The number of aryl methyl sites for hydroxylation is 1. The predicted octanol–water partition coefficient (Wildman–Crippen LogP) is 4.51. The highest BCUT2D eigenvalue weighted by molar-refractivity contribution is 5.82. The number of benzene rings is 1. The number of fused-ring (bicyclic) bond motifs is 1. The molecule has 104 valence electrons. The number of hydrogen-bond acceptors (Lipinski definition) is 2. The molecule has 2 rings (SSSR count). The largest absolute Gasteiger partial charge is 0.461 e. The van der Waals surface area contributed by atoms with Gasteiger partial charge < -0.3 is 9.73 Å². The van der Waals surface area contributed by atoms with Gasteiger partial charge in [0.15, 0.2) is 0 Å². The minimum absolute atomic E-state index is 0.313. The first-order chi connectivity index (χ1) is 8.92. The van der Waals surface area contributed by atoms with E-state index in [1.54, 1.807) is 0 Å². The molecule has 0 saturated heterocycles. The lowest BCUT2D eigenvalue weighted by atomic mass is 9.81. The molecule has 19 heavy (non-hydrogen) atoms. The summed E-state index contributed by atoms with van der Waals surface area (Å²) in [5, 5.41) is 4.81. The summed E-state index contributed by atoms with van der Waals surface area (Å²) in [7, 11) is 0. The molecule has 0 spiro atoms. The fraction of sp³-hybridized carbons (Fsp3) is 0.529. The molecular formula is C17H25NO. The molecule has 1 aromatic heterocycles. The maximum atomic E-state index is 5.79. The molecule has 0 atom stereocenters. The van der Waals surface area contributed by atoms with Crippen molar-refractivity contribution in [2.75, 3.05) is 6.54 Å². The standard InChI is InChI=1S/C17H25NO/c1-12(2)17(4,5)11-18-10-15-13(3)19-16-9-7-6-8-14(15)16/h6-9,12,18H,10-11H2,1-5H3. The molecule has 1 aromatic carbocycles. The van der Waals surface area contributed by atoms with Crippen molar-refractivity contribution >= 4 is 11.0 Å². The maximum Gasteiger partial charge on any atom is 0.134 e. The Balaban J connectivity index is 2.08. The van der Waals surface area contributed by atoms with E-state index in [-0.39, 0.29) is 0 Å². The monoisotopic (exact) mass is 259 g/mol. The van der Waals surface area contributed by atoms with Crippen LogP contribution < -0.4 is 5.32 Å². The van der Waals surface area contributed by atoms with Gasteiger partial charge in [-0.25, -0.2) is 0 Å². The Labute approximate surface area is 116 Å². The molecule has 0 unspecified atom stereocenters. The molecule has 1 N–H and O–H groups in total. The molecule has 0 aliphatic rings. The van der Waals surface area contributed by atoms with Crippen molar-refractivity contribution < 1.29 is 4.42 Å². The topological polar surface area (TPSA) is 25.2 Å². The second kappa shape index (κ2) is 5.38. The highest BCUT2D eigenvalue weighted by atomic mass is 16.3. The predicted molar refractivity (Wildman–Crippen MR) is 81.3 cm³/mol. The summed E-state index contributed by atoms with van der Waals surface area (Å²) in [5.41, 5.74) is 2.59. The molecule has 2 heteroatoms. The average Bonchev–Trinajstić information content (AvgIpc) is 2.65. The Morgan fingerprint density at radius 1 is 1.21 bits per heavy atom. The SMILES string of the molecule is Cc1oc2ccccc2c1CNCC(C)(C)C(C)C. The number of rotatable bonds is 5. The average molecular weight is 259 g/mol. The second-order valence-corrected chi connectivity index (χ2v) is 6.38. The number of hydrogen-bond donors (Lipinski definition) is 1. The zero-order chi connectivity index (χ0) is 14.0. The van der Waals surface area contributed by atoms with Crippen LogP contribution in [-0.2, 0) is 6.54 Å². The van der Waals surface area contributed by atoms with Crippen LogP contribution in [0.4, 0.5) is 0 Å². The van der Waals surface area contributed by atoms with Crippen LogP contribution in [0.3, 0.4) is 0 Å². The van der Waals surface area contributed by atoms with Gasteiger partial charge in [0.1, 0.15) is 11.3 Å². The summed E-state index contributed by atoms with van der Waals surface area (Å²) in [5.74, 6) is 1.69. The fourth-order valence-electron chi connectivity index (χ4n) is 2.15. The van der Waals surface area contributed by atoms with Crippen molar-refractivity contribution in [1.29, 1.82) is 0 Å². The van der Waals surface area contributed by atoms with E-state index in [0.717, 1.165) is 24.4 Å². The van der Waals surface area contributed by atoms with E-state index in [1.807, 2.05) is 19.1 Å². The fourth-order valence-corrected chi connectivity index (χ4v) is 2.15. The van der Waals surface area contributed by atoms with Crippen LogP contribution in [0.5, 0.6) is 0 Å². The molecular weight excluding hydrogens is 234 g/mol. The van der Waals surface area contributed by atoms with Gasteiger partial charge in [-0.2, -0.15) is 0 Å². The molecule has 0 aliphatic heterocycles. The minimum atomic E-state index is 0.313. The third kappa shape index (κ3) is 3.01. The van der Waals surface area contributed by atoms with Gasteiger partial charge in [0, 0.05) is 24.0 Å². The van der Waals surface area contributed by atoms with Crippen LogP contribution in [0.1, 0.15) is 39.0 Å². The van der Waals surface area contributed by atoms with Gasteiger partial charge in [0.25, 0.3) is 0 Å². The Morgan fingerprint density at radius 3 is 2.58 bits per heavy atom. The summed E-state index contributed by atoms with van der Waals surface area (Å²) in [6.07, 6.45) is 0. The molecule has 0 saturated carbocycles. The minimum Gasteiger partial charge on any atom is -0.461 e. The third-order valence-electron chi connectivity index (χ3n) is 4.35. The van der Waals surface area contributed by atoms with E-state index < -0.39 is 0 Å². The number of furan rings is 1. The quantitative estimate of drug-likeness (QED) is 0.854. The van der Waals surface area contributed by atoms with Crippen molar-refractivity contribution in [2.45, 2.75) is 41.2 Å². The first-order valence-corrected chi connectivity index (χ1v) is 7.09. The Bertz CT molecular complexity index is 551. The molecule has 0 radical (unpaired) electrons. The summed E-state index contributed by atoms with van der Waals surface area (Å²) in [6.45, 7) is 13.1. The van der Waals surface area contributed by atoms with Crippen LogP contribution in [0.25, 0.3) is 11.0 Å². The van der Waals surface area contributed by atoms with Gasteiger partial charge >= 0.3 is 0 Å². The normalized spacial score (nSPS) is 12.5. The van der Waals surface area contributed by atoms with Crippen LogP contribution >= 0.6 is 0 Å². The lowest BCUT2D eigenvalue weighted by Gasteiger charge is -2.29.